The Morgan fingerprint density at radius 3 is 2.54 bits per heavy atom. The first kappa shape index (κ1) is 19.2. The third-order valence-corrected chi connectivity index (χ3v) is 5.36. The van der Waals surface area contributed by atoms with Crippen molar-refractivity contribution in [2.75, 3.05) is 13.1 Å². The molecule has 5 heteroatoms. The fourth-order valence-corrected chi connectivity index (χ4v) is 3.98. The standard InChI is InChI=1S/C19H27FN2O.ClH/c20-17-8-6-16(7-9-17)19(15-3-1-2-4-15)22-18(23)10-5-14-11-12-21-13-14;/h6-9,14-15,19,21H,1-5,10-13H2,(H,22,23);1H. The average Bonchev–Trinajstić information content (AvgIpc) is 3.25. The molecule has 1 heterocycles. The number of hydrogen-bond acceptors (Lipinski definition) is 2. The Bertz CT molecular complexity index is 511. The van der Waals surface area contributed by atoms with Gasteiger partial charge in [0.25, 0.3) is 0 Å². The lowest BCUT2D eigenvalue weighted by atomic mass is 9.91. The first-order valence-electron chi connectivity index (χ1n) is 8.98. The van der Waals surface area contributed by atoms with E-state index >= 15 is 0 Å². The molecule has 3 rings (SSSR count). The van der Waals surface area contributed by atoms with E-state index in [2.05, 4.69) is 10.6 Å². The zero-order valence-electron chi connectivity index (χ0n) is 14.1. The quantitative estimate of drug-likeness (QED) is 0.811. The van der Waals surface area contributed by atoms with Crippen LogP contribution in [-0.4, -0.2) is 19.0 Å². The number of nitrogens with one attached hydrogen (secondary N) is 2. The average molecular weight is 355 g/mol. The van der Waals surface area contributed by atoms with Gasteiger partial charge in [-0.25, -0.2) is 4.39 Å². The van der Waals surface area contributed by atoms with E-state index in [4.69, 9.17) is 0 Å². The van der Waals surface area contributed by atoms with Crippen molar-refractivity contribution >= 4 is 18.3 Å². The smallest absolute Gasteiger partial charge is 0.220 e. The van der Waals surface area contributed by atoms with Crippen molar-refractivity contribution in [1.29, 1.82) is 0 Å². The zero-order valence-corrected chi connectivity index (χ0v) is 14.9. The summed E-state index contributed by atoms with van der Waals surface area (Å²) in [5, 5.41) is 6.58. The molecular weight excluding hydrogens is 327 g/mol. The minimum atomic E-state index is -0.223. The van der Waals surface area contributed by atoms with Crippen LogP contribution in [0, 0.1) is 17.7 Å². The largest absolute Gasteiger partial charge is 0.349 e. The Morgan fingerprint density at radius 2 is 1.92 bits per heavy atom. The highest BCUT2D eigenvalue weighted by Crippen LogP contribution is 2.36. The normalized spacial score (nSPS) is 22.1. The van der Waals surface area contributed by atoms with Crippen molar-refractivity contribution in [3.63, 3.8) is 0 Å². The van der Waals surface area contributed by atoms with Gasteiger partial charge in [-0.05, 0) is 68.3 Å². The molecule has 1 amide bonds. The van der Waals surface area contributed by atoms with Gasteiger partial charge in [0.15, 0.2) is 0 Å². The first-order chi connectivity index (χ1) is 11.2. The van der Waals surface area contributed by atoms with E-state index in [-0.39, 0.29) is 30.2 Å². The van der Waals surface area contributed by atoms with Crippen molar-refractivity contribution in [2.24, 2.45) is 11.8 Å². The fraction of sp³-hybridized carbons (Fsp3) is 0.632. The summed E-state index contributed by atoms with van der Waals surface area (Å²) in [6.07, 6.45) is 7.48. The predicted molar refractivity (Wildman–Crippen MR) is 96.7 cm³/mol. The van der Waals surface area contributed by atoms with Crippen LogP contribution in [0.2, 0.25) is 0 Å². The topological polar surface area (TPSA) is 41.1 Å². The van der Waals surface area contributed by atoms with Crippen LogP contribution >= 0.6 is 12.4 Å². The molecule has 0 spiro atoms. The molecular formula is C19H28ClFN2O. The molecule has 2 unspecified atom stereocenters. The van der Waals surface area contributed by atoms with Gasteiger partial charge in [-0.1, -0.05) is 25.0 Å². The number of amides is 1. The summed E-state index contributed by atoms with van der Waals surface area (Å²) in [6.45, 7) is 2.11. The van der Waals surface area contributed by atoms with E-state index in [9.17, 15) is 9.18 Å². The summed E-state index contributed by atoms with van der Waals surface area (Å²) in [6, 6.07) is 6.66. The summed E-state index contributed by atoms with van der Waals surface area (Å²) in [5.41, 5.74) is 1.04. The maximum absolute atomic E-state index is 13.2. The lowest BCUT2D eigenvalue weighted by Crippen LogP contribution is -2.33. The Labute approximate surface area is 150 Å². The van der Waals surface area contributed by atoms with Crippen LogP contribution in [0.5, 0.6) is 0 Å². The summed E-state index contributed by atoms with van der Waals surface area (Å²) >= 11 is 0. The Balaban J connectivity index is 0.00000208. The van der Waals surface area contributed by atoms with Crippen LogP contribution in [0.1, 0.15) is 56.6 Å². The van der Waals surface area contributed by atoms with Gasteiger partial charge in [-0.15, -0.1) is 12.4 Å². The highest BCUT2D eigenvalue weighted by Gasteiger charge is 2.28. The maximum Gasteiger partial charge on any atom is 0.220 e. The molecule has 1 aliphatic carbocycles. The zero-order chi connectivity index (χ0) is 16.1. The molecule has 1 aromatic carbocycles. The third kappa shape index (κ3) is 5.18. The molecule has 1 saturated carbocycles. The van der Waals surface area contributed by atoms with Crippen molar-refractivity contribution in [3.05, 3.63) is 35.6 Å². The Kier molecular flexibility index (Phi) is 7.50. The summed E-state index contributed by atoms with van der Waals surface area (Å²) in [4.78, 5) is 12.4. The molecule has 2 fully saturated rings. The van der Waals surface area contributed by atoms with Crippen molar-refractivity contribution in [2.45, 2.75) is 51.0 Å². The lowest BCUT2D eigenvalue weighted by molar-refractivity contribution is -0.122. The van der Waals surface area contributed by atoms with Crippen molar-refractivity contribution < 1.29 is 9.18 Å². The van der Waals surface area contributed by atoms with Gasteiger partial charge in [-0.3, -0.25) is 4.79 Å². The van der Waals surface area contributed by atoms with Gasteiger partial charge in [-0.2, -0.15) is 0 Å². The van der Waals surface area contributed by atoms with E-state index < -0.39 is 0 Å². The Hall–Kier alpha value is -1.13. The van der Waals surface area contributed by atoms with Crippen LogP contribution in [0.4, 0.5) is 4.39 Å². The number of carbonyl (C=O) groups is 1. The molecule has 3 nitrogen and oxygen atoms in total. The summed E-state index contributed by atoms with van der Waals surface area (Å²) in [5.74, 6) is 1.03. The molecule has 2 N–H and O–H groups in total. The number of halogens is 2. The van der Waals surface area contributed by atoms with Gasteiger partial charge in [0.05, 0.1) is 6.04 Å². The van der Waals surface area contributed by atoms with Crippen LogP contribution in [0.25, 0.3) is 0 Å². The van der Waals surface area contributed by atoms with Gasteiger partial charge < -0.3 is 10.6 Å². The number of carbonyl (C=O) groups excluding carboxylic acids is 1. The molecule has 134 valence electrons. The summed E-state index contributed by atoms with van der Waals surface area (Å²) in [7, 11) is 0. The van der Waals surface area contributed by atoms with E-state index in [0.717, 1.165) is 37.9 Å². The second kappa shape index (κ2) is 9.38. The highest BCUT2D eigenvalue weighted by molar-refractivity contribution is 5.85. The minimum Gasteiger partial charge on any atom is -0.349 e. The van der Waals surface area contributed by atoms with Crippen LogP contribution < -0.4 is 10.6 Å². The lowest BCUT2D eigenvalue weighted by Gasteiger charge is -2.25. The second-order valence-corrected chi connectivity index (χ2v) is 7.04. The van der Waals surface area contributed by atoms with Crippen molar-refractivity contribution in [3.8, 4) is 0 Å². The monoisotopic (exact) mass is 354 g/mol. The van der Waals surface area contributed by atoms with Crippen LogP contribution in [0.3, 0.4) is 0 Å². The van der Waals surface area contributed by atoms with Crippen LogP contribution in [0.15, 0.2) is 24.3 Å². The molecule has 2 atom stereocenters. The molecule has 1 aliphatic heterocycles. The summed E-state index contributed by atoms with van der Waals surface area (Å²) < 4.78 is 13.2. The van der Waals surface area contributed by atoms with Gasteiger partial charge in [0.2, 0.25) is 5.91 Å². The predicted octanol–water partition coefficient (Wildman–Crippen LogP) is 3.98. The molecule has 0 bridgehead atoms. The van der Waals surface area contributed by atoms with Crippen LogP contribution in [-0.2, 0) is 4.79 Å². The molecule has 2 aliphatic rings. The van der Waals surface area contributed by atoms with Gasteiger partial charge >= 0.3 is 0 Å². The van der Waals surface area contributed by atoms with E-state index in [1.54, 1.807) is 0 Å². The molecule has 24 heavy (non-hydrogen) atoms. The van der Waals surface area contributed by atoms with E-state index in [1.165, 1.54) is 31.4 Å². The third-order valence-electron chi connectivity index (χ3n) is 5.36. The fourth-order valence-electron chi connectivity index (χ4n) is 3.98. The Morgan fingerprint density at radius 1 is 1.21 bits per heavy atom. The van der Waals surface area contributed by atoms with E-state index in [0.29, 0.717) is 18.3 Å². The number of hydrogen-bond donors (Lipinski definition) is 2. The van der Waals surface area contributed by atoms with Gasteiger partial charge in [0, 0.05) is 6.42 Å². The molecule has 1 saturated heterocycles. The molecule has 0 aromatic heterocycles. The number of benzene rings is 1. The molecule has 0 radical (unpaired) electrons. The maximum atomic E-state index is 13.2. The first-order valence-corrected chi connectivity index (χ1v) is 8.98. The van der Waals surface area contributed by atoms with Crippen molar-refractivity contribution in [1.82, 2.24) is 10.6 Å². The second-order valence-electron chi connectivity index (χ2n) is 7.04. The van der Waals surface area contributed by atoms with Gasteiger partial charge in [0.1, 0.15) is 5.82 Å². The minimum absolute atomic E-state index is 0. The SMILES string of the molecule is Cl.O=C(CCC1CCNC1)NC(c1ccc(F)cc1)C1CCCC1. The molecule has 1 aromatic rings. The van der Waals surface area contributed by atoms with E-state index in [1.807, 2.05) is 12.1 Å². The number of rotatable bonds is 6. The highest BCUT2D eigenvalue weighted by atomic mass is 35.5.